The van der Waals surface area contributed by atoms with Crippen LogP contribution in [-0.4, -0.2) is 55.5 Å². The normalized spacial score (nSPS) is 27.6. The van der Waals surface area contributed by atoms with Crippen LogP contribution < -0.4 is 5.32 Å². The number of hydrogen-bond acceptors (Lipinski definition) is 4. The molecule has 0 spiro atoms. The standard InChI is InChI=1S/C15H28N2O3/c1-15(2,3)20-14(18)17-7-6-12(10-17)9-16-13-5-4-8-19-11-13/h12-13,16H,4-11H2,1-3H3. The first-order chi connectivity index (χ1) is 9.44. The molecule has 5 heteroatoms. The third-order valence-corrected chi connectivity index (χ3v) is 3.79. The molecular weight excluding hydrogens is 256 g/mol. The van der Waals surface area contributed by atoms with Crippen LogP contribution in [0.25, 0.3) is 0 Å². The summed E-state index contributed by atoms with van der Waals surface area (Å²) in [6.45, 7) is 10.0. The lowest BCUT2D eigenvalue weighted by Gasteiger charge is -2.26. The number of likely N-dealkylation sites (tertiary alicyclic amines) is 1. The molecule has 116 valence electrons. The predicted molar refractivity (Wildman–Crippen MR) is 77.8 cm³/mol. The Morgan fingerprint density at radius 3 is 2.85 bits per heavy atom. The maximum atomic E-state index is 12.0. The molecule has 2 heterocycles. The molecule has 2 aliphatic heterocycles. The summed E-state index contributed by atoms with van der Waals surface area (Å²) in [5.41, 5.74) is -0.410. The number of nitrogens with zero attached hydrogens (tertiary/aromatic N) is 1. The zero-order valence-electron chi connectivity index (χ0n) is 13.0. The first kappa shape index (κ1) is 15.6. The fourth-order valence-electron chi connectivity index (χ4n) is 2.73. The zero-order chi connectivity index (χ0) is 14.6. The van der Waals surface area contributed by atoms with Crippen molar-refractivity contribution in [2.45, 2.75) is 51.7 Å². The van der Waals surface area contributed by atoms with Crippen molar-refractivity contribution in [3.63, 3.8) is 0 Å². The van der Waals surface area contributed by atoms with Crippen molar-refractivity contribution in [3.8, 4) is 0 Å². The molecule has 5 nitrogen and oxygen atoms in total. The van der Waals surface area contributed by atoms with E-state index in [1.54, 1.807) is 0 Å². The van der Waals surface area contributed by atoms with Crippen molar-refractivity contribution in [2.75, 3.05) is 32.8 Å². The molecule has 2 fully saturated rings. The number of carbonyl (C=O) groups is 1. The third kappa shape index (κ3) is 4.94. The Morgan fingerprint density at radius 2 is 2.20 bits per heavy atom. The van der Waals surface area contributed by atoms with Gasteiger partial charge in [-0.05, 0) is 46.0 Å². The third-order valence-electron chi connectivity index (χ3n) is 3.79. The number of hydrogen-bond donors (Lipinski definition) is 1. The van der Waals surface area contributed by atoms with Gasteiger partial charge in [0.25, 0.3) is 0 Å². The van der Waals surface area contributed by atoms with E-state index in [0.29, 0.717) is 12.0 Å². The van der Waals surface area contributed by atoms with Crippen molar-refractivity contribution >= 4 is 6.09 Å². The molecule has 2 aliphatic rings. The molecule has 0 saturated carbocycles. The van der Waals surface area contributed by atoms with Crippen LogP contribution in [0.15, 0.2) is 0 Å². The van der Waals surface area contributed by atoms with Crippen LogP contribution in [0.4, 0.5) is 4.79 Å². The van der Waals surface area contributed by atoms with E-state index in [9.17, 15) is 4.79 Å². The lowest BCUT2D eigenvalue weighted by Crippen LogP contribution is -2.40. The van der Waals surface area contributed by atoms with Gasteiger partial charge in [0.1, 0.15) is 5.60 Å². The lowest BCUT2D eigenvalue weighted by molar-refractivity contribution is 0.0286. The molecule has 2 unspecified atom stereocenters. The summed E-state index contributed by atoms with van der Waals surface area (Å²) in [6, 6.07) is 0.485. The van der Waals surface area contributed by atoms with Crippen molar-refractivity contribution in [1.82, 2.24) is 10.2 Å². The fraction of sp³-hybridized carbons (Fsp3) is 0.933. The highest BCUT2D eigenvalue weighted by Crippen LogP contribution is 2.19. The Kier molecular flexibility index (Phi) is 5.27. The number of carbonyl (C=O) groups excluding carboxylic acids is 1. The van der Waals surface area contributed by atoms with Gasteiger partial charge in [0, 0.05) is 32.3 Å². The predicted octanol–water partition coefficient (Wildman–Crippen LogP) is 2.01. The second kappa shape index (κ2) is 6.76. The summed E-state index contributed by atoms with van der Waals surface area (Å²) in [5, 5.41) is 3.57. The van der Waals surface area contributed by atoms with Crippen LogP contribution in [0.5, 0.6) is 0 Å². The van der Waals surface area contributed by atoms with Gasteiger partial charge in [-0.2, -0.15) is 0 Å². The average molecular weight is 284 g/mol. The Bertz CT molecular complexity index is 322. The fourth-order valence-corrected chi connectivity index (χ4v) is 2.73. The number of nitrogens with one attached hydrogen (secondary N) is 1. The van der Waals surface area contributed by atoms with Crippen molar-refractivity contribution < 1.29 is 14.3 Å². The second-order valence-corrected chi connectivity index (χ2v) is 6.90. The minimum Gasteiger partial charge on any atom is -0.444 e. The van der Waals surface area contributed by atoms with Gasteiger partial charge >= 0.3 is 6.09 Å². The SMILES string of the molecule is CC(C)(C)OC(=O)N1CCC(CNC2CCCOC2)C1. The van der Waals surface area contributed by atoms with Crippen LogP contribution in [0.3, 0.4) is 0 Å². The van der Waals surface area contributed by atoms with Gasteiger partial charge in [-0.3, -0.25) is 0 Å². The molecule has 0 radical (unpaired) electrons. The Hall–Kier alpha value is -0.810. The lowest BCUT2D eigenvalue weighted by atomic mass is 10.1. The van der Waals surface area contributed by atoms with Crippen LogP contribution >= 0.6 is 0 Å². The van der Waals surface area contributed by atoms with Crippen LogP contribution in [-0.2, 0) is 9.47 Å². The van der Waals surface area contributed by atoms with Gasteiger partial charge < -0.3 is 19.7 Å². The molecule has 0 bridgehead atoms. The molecule has 2 rings (SSSR count). The number of rotatable bonds is 3. The highest BCUT2D eigenvalue weighted by molar-refractivity contribution is 5.68. The van der Waals surface area contributed by atoms with Gasteiger partial charge in [0.05, 0.1) is 6.61 Å². The molecule has 1 amide bonds. The Balaban J connectivity index is 1.68. The monoisotopic (exact) mass is 284 g/mol. The van der Waals surface area contributed by atoms with Gasteiger partial charge in [-0.25, -0.2) is 4.79 Å². The summed E-state index contributed by atoms with van der Waals surface area (Å²) in [5.74, 6) is 0.532. The molecular formula is C15H28N2O3. The minimum atomic E-state index is -0.410. The maximum absolute atomic E-state index is 12.0. The summed E-state index contributed by atoms with van der Waals surface area (Å²) in [7, 11) is 0. The highest BCUT2D eigenvalue weighted by Gasteiger charge is 2.30. The van der Waals surface area contributed by atoms with E-state index in [-0.39, 0.29) is 6.09 Å². The number of ether oxygens (including phenoxy) is 2. The van der Waals surface area contributed by atoms with E-state index in [2.05, 4.69) is 5.32 Å². The Labute approximate surface area is 122 Å². The van der Waals surface area contributed by atoms with Crippen LogP contribution in [0, 0.1) is 5.92 Å². The van der Waals surface area contributed by atoms with E-state index in [4.69, 9.17) is 9.47 Å². The van der Waals surface area contributed by atoms with Crippen molar-refractivity contribution in [2.24, 2.45) is 5.92 Å². The van der Waals surface area contributed by atoms with Crippen LogP contribution in [0.2, 0.25) is 0 Å². The molecule has 2 saturated heterocycles. The number of amides is 1. The minimum absolute atomic E-state index is 0.180. The molecule has 0 aromatic carbocycles. The van der Waals surface area contributed by atoms with Crippen molar-refractivity contribution in [3.05, 3.63) is 0 Å². The van der Waals surface area contributed by atoms with Crippen molar-refractivity contribution in [1.29, 1.82) is 0 Å². The van der Waals surface area contributed by atoms with Gasteiger partial charge in [0.2, 0.25) is 0 Å². The van der Waals surface area contributed by atoms with E-state index >= 15 is 0 Å². The molecule has 0 aromatic rings. The summed E-state index contributed by atoms with van der Waals surface area (Å²) in [6.07, 6.45) is 3.22. The molecule has 20 heavy (non-hydrogen) atoms. The maximum Gasteiger partial charge on any atom is 0.410 e. The zero-order valence-corrected chi connectivity index (χ0v) is 13.0. The van der Waals surface area contributed by atoms with E-state index in [1.165, 1.54) is 6.42 Å². The summed E-state index contributed by atoms with van der Waals surface area (Å²) >= 11 is 0. The molecule has 0 aliphatic carbocycles. The smallest absolute Gasteiger partial charge is 0.410 e. The van der Waals surface area contributed by atoms with E-state index < -0.39 is 5.60 Å². The largest absolute Gasteiger partial charge is 0.444 e. The topological polar surface area (TPSA) is 50.8 Å². The van der Waals surface area contributed by atoms with Gasteiger partial charge in [-0.1, -0.05) is 0 Å². The van der Waals surface area contributed by atoms with Crippen LogP contribution in [0.1, 0.15) is 40.0 Å². The Morgan fingerprint density at radius 1 is 1.40 bits per heavy atom. The first-order valence-corrected chi connectivity index (χ1v) is 7.73. The molecule has 0 aromatic heterocycles. The first-order valence-electron chi connectivity index (χ1n) is 7.73. The quantitative estimate of drug-likeness (QED) is 0.861. The molecule has 2 atom stereocenters. The summed E-state index contributed by atoms with van der Waals surface area (Å²) in [4.78, 5) is 13.8. The summed E-state index contributed by atoms with van der Waals surface area (Å²) < 4.78 is 10.9. The van der Waals surface area contributed by atoms with Gasteiger partial charge in [0.15, 0.2) is 0 Å². The van der Waals surface area contributed by atoms with E-state index in [1.807, 2.05) is 25.7 Å². The van der Waals surface area contributed by atoms with E-state index in [0.717, 1.165) is 45.7 Å². The average Bonchev–Trinajstić information content (AvgIpc) is 2.84. The second-order valence-electron chi connectivity index (χ2n) is 6.90. The highest BCUT2D eigenvalue weighted by atomic mass is 16.6. The molecule has 1 N–H and O–H groups in total. The van der Waals surface area contributed by atoms with Gasteiger partial charge in [-0.15, -0.1) is 0 Å².